The quantitative estimate of drug-likeness (QED) is 0.706. The lowest BCUT2D eigenvalue weighted by molar-refractivity contribution is 1.10. The van der Waals surface area contributed by atoms with Crippen LogP contribution in [-0.4, -0.2) is 6.54 Å². The lowest BCUT2D eigenvalue weighted by Gasteiger charge is -2.06. The van der Waals surface area contributed by atoms with Crippen molar-refractivity contribution < 1.29 is 0 Å². The van der Waals surface area contributed by atoms with Crippen LogP contribution in [0.2, 0.25) is 10.0 Å². The Bertz CT molecular complexity index is 338. The van der Waals surface area contributed by atoms with Gasteiger partial charge in [0.2, 0.25) is 0 Å². The SMILES string of the molecule is Clc1cc(Br)c2c(c1Cl)NCC2. The Kier molecular flexibility index (Phi) is 2.23. The van der Waals surface area contributed by atoms with Crippen molar-refractivity contribution in [1.29, 1.82) is 0 Å². The van der Waals surface area contributed by atoms with Gasteiger partial charge in [-0.1, -0.05) is 39.1 Å². The first-order valence-corrected chi connectivity index (χ1v) is 5.15. The van der Waals surface area contributed by atoms with Gasteiger partial charge in [0, 0.05) is 11.0 Å². The first-order valence-electron chi connectivity index (χ1n) is 3.60. The molecule has 12 heavy (non-hydrogen) atoms. The third-order valence-corrected chi connectivity index (χ3v) is 3.44. The first-order chi connectivity index (χ1) is 5.70. The molecule has 0 unspecified atom stereocenters. The highest BCUT2D eigenvalue weighted by atomic mass is 79.9. The van der Waals surface area contributed by atoms with Gasteiger partial charge in [-0.2, -0.15) is 0 Å². The normalized spacial score (nSPS) is 14.2. The van der Waals surface area contributed by atoms with E-state index < -0.39 is 0 Å². The van der Waals surface area contributed by atoms with Crippen LogP contribution in [0.4, 0.5) is 5.69 Å². The summed E-state index contributed by atoms with van der Waals surface area (Å²) in [5.74, 6) is 0. The molecule has 0 amide bonds. The van der Waals surface area contributed by atoms with Crippen molar-refractivity contribution >= 4 is 44.8 Å². The Morgan fingerprint density at radius 1 is 1.42 bits per heavy atom. The highest BCUT2D eigenvalue weighted by Gasteiger charge is 2.18. The van der Waals surface area contributed by atoms with Crippen molar-refractivity contribution in [3.8, 4) is 0 Å². The van der Waals surface area contributed by atoms with Crippen molar-refractivity contribution in [2.75, 3.05) is 11.9 Å². The largest absolute Gasteiger partial charge is 0.383 e. The van der Waals surface area contributed by atoms with Gasteiger partial charge in [0.15, 0.2) is 0 Å². The fourth-order valence-corrected chi connectivity index (χ4v) is 2.57. The molecule has 1 N–H and O–H groups in total. The smallest absolute Gasteiger partial charge is 0.0827 e. The molecule has 0 spiro atoms. The van der Waals surface area contributed by atoms with Crippen molar-refractivity contribution in [1.82, 2.24) is 0 Å². The maximum atomic E-state index is 6.00. The molecular formula is C8H6BrCl2N. The second-order valence-electron chi connectivity index (χ2n) is 2.68. The average Bonchev–Trinajstić information content (AvgIpc) is 2.48. The molecule has 1 aromatic carbocycles. The zero-order valence-electron chi connectivity index (χ0n) is 6.13. The minimum Gasteiger partial charge on any atom is -0.383 e. The van der Waals surface area contributed by atoms with Gasteiger partial charge < -0.3 is 5.32 Å². The summed E-state index contributed by atoms with van der Waals surface area (Å²) in [7, 11) is 0. The molecule has 0 radical (unpaired) electrons. The Labute approximate surface area is 89.2 Å². The van der Waals surface area contributed by atoms with E-state index in [0.29, 0.717) is 10.0 Å². The number of nitrogens with one attached hydrogen (secondary N) is 1. The van der Waals surface area contributed by atoms with Crippen LogP contribution in [0.1, 0.15) is 5.56 Å². The number of rotatable bonds is 0. The van der Waals surface area contributed by atoms with Crippen molar-refractivity contribution in [3.63, 3.8) is 0 Å². The molecule has 64 valence electrons. The van der Waals surface area contributed by atoms with Crippen LogP contribution in [0.3, 0.4) is 0 Å². The summed E-state index contributed by atoms with van der Waals surface area (Å²) in [6, 6.07) is 1.84. The van der Waals surface area contributed by atoms with E-state index in [2.05, 4.69) is 21.2 Å². The predicted molar refractivity (Wildman–Crippen MR) is 56.4 cm³/mol. The van der Waals surface area contributed by atoms with E-state index in [0.717, 1.165) is 23.1 Å². The Morgan fingerprint density at radius 3 is 2.92 bits per heavy atom. The van der Waals surface area contributed by atoms with Gasteiger partial charge in [-0.3, -0.25) is 0 Å². The minimum atomic E-state index is 0.594. The molecule has 0 bridgehead atoms. The molecule has 1 aliphatic rings. The van der Waals surface area contributed by atoms with Gasteiger partial charge in [-0.25, -0.2) is 0 Å². The maximum absolute atomic E-state index is 6.00. The van der Waals surface area contributed by atoms with Crippen LogP contribution in [0.15, 0.2) is 10.5 Å². The van der Waals surface area contributed by atoms with Crippen LogP contribution >= 0.6 is 39.1 Å². The fourth-order valence-electron chi connectivity index (χ4n) is 1.37. The number of hydrogen-bond acceptors (Lipinski definition) is 1. The molecule has 0 aromatic heterocycles. The zero-order valence-corrected chi connectivity index (χ0v) is 9.22. The van der Waals surface area contributed by atoms with Crippen LogP contribution in [0.25, 0.3) is 0 Å². The van der Waals surface area contributed by atoms with Crippen LogP contribution < -0.4 is 5.32 Å². The van der Waals surface area contributed by atoms with Crippen LogP contribution in [0, 0.1) is 0 Å². The van der Waals surface area contributed by atoms with Gasteiger partial charge in [-0.05, 0) is 18.1 Å². The molecule has 0 aliphatic carbocycles. The molecule has 2 rings (SSSR count). The Balaban J connectivity index is 2.69. The molecule has 0 atom stereocenters. The topological polar surface area (TPSA) is 12.0 Å². The Morgan fingerprint density at radius 2 is 2.17 bits per heavy atom. The molecular weight excluding hydrogens is 261 g/mol. The van der Waals surface area contributed by atoms with Gasteiger partial charge in [0.05, 0.1) is 15.7 Å². The monoisotopic (exact) mass is 265 g/mol. The van der Waals surface area contributed by atoms with Gasteiger partial charge in [0.25, 0.3) is 0 Å². The molecule has 1 nitrogen and oxygen atoms in total. The molecule has 4 heteroatoms. The van der Waals surface area contributed by atoms with Gasteiger partial charge in [-0.15, -0.1) is 0 Å². The molecule has 1 aliphatic heterocycles. The van der Waals surface area contributed by atoms with Gasteiger partial charge in [0.1, 0.15) is 0 Å². The lowest BCUT2D eigenvalue weighted by Crippen LogP contribution is -1.91. The summed E-state index contributed by atoms with van der Waals surface area (Å²) in [5.41, 5.74) is 2.21. The van der Waals surface area contributed by atoms with Crippen molar-refractivity contribution in [2.45, 2.75) is 6.42 Å². The fraction of sp³-hybridized carbons (Fsp3) is 0.250. The lowest BCUT2D eigenvalue weighted by atomic mass is 10.2. The third kappa shape index (κ3) is 1.22. The number of benzene rings is 1. The van der Waals surface area contributed by atoms with E-state index in [1.807, 2.05) is 6.07 Å². The van der Waals surface area contributed by atoms with E-state index in [4.69, 9.17) is 23.2 Å². The highest BCUT2D eigenvalue weighted by molar-refractivity contribution is 9.10. The van der Waals surface area contributed by atoms with Gasteiger partial charge >= 0.3 is 0 Å². The summed E-state index contributed by atoms with van der Waals surface area (Å²) >= 11 is 15.3. The van der Waals surface area contributed by atoms with E-state index >= 15 is 0 Å². The standard InChI is InChI=1S/C8H6BrCl2N/c9-5-3-6(10)7(11)8-4(5)1-2-12-8/h3,12H,1-2H2. The number of fused-ring (bicyclic) bond motifs is 1. The first kappa shape index (κ1) is 8.67. The maximum Gasteiger partial charge on any atom is 0.0827 e. The second-order valence-corrected chi connectivity index (χ2v) is 4.32. The highest BCUT2D eigenvalue weighted by Crippen LogP contribution is 2.40. The molecule has 0 fully saturated rings. The summed E-state index contributed by atoms with van der Waals surface area (Å²) in [4.78, 5) is 0. The molecule has 1 heterocycles. The van der Waals surface area contributed by atoms with E-state index in [-0.39, 0.29) is 0 Å². The average molecular weight is 267 g/mol. The number of hydrogen-bond donors (Lipinski definition) is 1. The van der Waals surface area contributed by atoms with Crippen LogP contribution in [0.5, 0.6) is 0 Å². The summed E-state index contributed by atoms with van der Waals surface area (Å²) < 4.78 is 1.04. The summed E-state index contributed by atoms with van der Waals surface area (Å²) in [6.45, 7) is 0.938. The molecule has 0 saturated heterocycles. The minimum absolute atomic E-state index is 0.594. The number of anilines is 1. The summed E-state index contributed by atoms with van der Waals surface area (Å²) in [6.07, 6.45) is 1.01. The zero-order chi connectivity index (χ0) is 8.72. The van der Waals surface area contributed by atoms with E-state index in [9.17, 15) is 0 Å². The predicted octanol–water partition coefficient (Wildman–Crippen LogP) is 3.72. The third-order valence-electron chi connectivity index (χ3n) is 1.95. The summed E-state index contributed by atoms with van der Waals surface area (Å²) in [5, 5.41) is 4.43. The Hall–Kier alpha value is 0.0800. The molecule has 1 aromatic rings. The molecule has 0 saturated carbocycles. The number of halogens is 3. The second kappa shape index (κ2) is 3.09. The van der Waals surface area contributed by atoms with E-state index in [1.165, 1.54) is 5.56 Å². The van der Waals surface area contributed by atoms with Crippen molar-refractivity contribution in [3.05, 3.63) is 26.1 Å². The van der Waals surface area contributed by atoms with Crippen LogP contribution in [-0.2, 0) is 6.42 Å². The van der Waals surface area contributed by atoms with Crippen molar-refractivity contribution in [2.24, 2.45) is 0 Å². The van der Waals surface area contributed by atoms with E-state index in [1.54, 1.807) is 0 Å².